The van der Waals surface area contributed by atoms with E-state index in [-0.39, 0.29) is 11.7 Å². The van der Waals surface area contributed by atoms with Gasteiger partial charge in [-0.1, -0.05) is 0 Å². The first-order valence-electron chi connectivity index (χ1n) is 6.80. The van der Waals surface area contributed by atoms with Gasteiger partial charge in [-0.3, -0.25) is 0 Å². The fourth-order valence-electron chi connectivity index (χ4n) is 2.09. The number of carbonyl (C=O) groups is 1. The second kappa shape index (κ2) is 5.67. The van der Waals surface area contributed by atoms with Crippen LogP contribution in [0.2, 0.25) is 0 Å². The molecule has 19 heavy (non-hydrogen) atoms. The Hall–Kier alpha value is -0.810. The van der Waals surface area contributed by atoms with Crippen LogP contribution >= 0.6 is 0 Å². The highest BCUT2D eigenvalue weighted by Gasteiger charge is 2.33. The topological polar surface area (TPSA) is 59.0 Å². The quantitative estimate of drug-likeness (QED) is 0.795. The molecule has 0 aliphatic carbocycles. The molecule has 0 aromatic heterocycles. The summed E-state index contributed by atoms with van der Waals surface area (Å²) in [6, 6.07) is 0. The zero-order valence-electron chi connectivity index (χ0n) is 12.9. The van der Waals surface area contributed by atoms with Gasteiger partial charge in [0.05, 0.1) is 30.9 Å². The molecule has 1 fully saturated rings. The van der Waals surface area contributed by atoms with Crippen molar-refractivity contribution in [3.8, 4) is 0 Å². The Morgan fingerprint density at radius 2 is 1.68 bits per heavy atom. The van der Waals surface area contributed by atoms with Crippen molar-refractivity contribution in [2.75, 3.05) is 13.1 Å². The maximum Gasteiger partial charge on any atom is 0.410 e. The highest BCUT2D eigenvalue weighted by Crippen LogP contribution is 2.21. The summed E-state index contributed by atoms with van der Waals surface area (Å²) in [4.78, 5) is 13.5. The minimum atomic E-state index is -0.561. The number of carbonyl (C=O) groups excluding carboxylic acids is 1. The number of likely N-dealkylation sites (tertiary alicyclic amines) is 1. The van der Waals surface area contributed by atoms with Crippen LogP contribution in [0.1, 0.15) is 48.0 Å². The van der Waals surface area contributed by atoms with Gasteiger partial charge in [0.25, 0.3) is 0 Å². The predicted octanol–water partition coefficient (Wildman–Crippen LogP) is 2.17. The molecule has 0 spiro atoms. The number of hydrogen-bond acceptors (Lipinski definition) is 4. The Labute approximate surface area is 115 Å². The summed E-state index contributed by atoms with van der Waals surface area (Å²) in [5, 5.41) is 9.86. The van der Waals surface area contributed by atoms with Crippen LogP contribution in [-0.2, 0) is 9.47 Å². The average molecular weight is 273 g/mol. The molecule has 5 nitrogen and oxygen atoms in total. The molecular weight excluding hydrogens is 246 g/mol. The number of nitrogens with zero attached hydrogens (tertiary/aromatic N) is 1. The molecule has 1 aliphatic rings. The summed E-state index contributed by atoms with van der Waals surface area (Å²) in [7, 11) is 0. The number of β-amino-alcohol motifs (C(OH)–C–C–N with tert-alkyl or cyclic N) is 1. The maximum absolute atomic E-state index is 12.0. The minimum Gasteiger partial charge on any atom is -0.444 e. The van der Waals surface area contributed by atoms with Crippen LogP contribution in [0.15, 0.2) is 0 Å². The van der Waals surface area contributed by atoms with Crippen LogP contribution in [0.25, 0.3) is 0 Å². The van der Waals surface area contributed by atoms with Crippen LogP contribution in [0.3, 0.4) is 0 Å². The van der Waals surface area contributed by atoms with Crippen molar-refractivity contribution < 1.29 is 19.4 Å². The van der Waals surface area contributed by atoms with Crippen LogP contribution in [-0.4, -0.2) is 52.6 Å². The van der Waals surface area contributed by atoms with Gasteiger partial charge in [0, 0.05) is 6.42 Å². The SMILES string of the molecule is CC(C)(C)OC(=O)N1C[C@H](O)C[C@@H](OC(C)(C)C)C1. The number of ether oxygens (including phenoxy) is 2. The molecule has 2 atom stereocenters. The van der Waals surface area contributed by atoms with Crippen molar-refractivity contribution in [2.45, 2.75) is 71.4 Å². The lowest BCUT2D eigenvalue weighted by atomic mass is 10.0. The summed E-state index contributed by atoms with van der Waals surface area (Å²) in [6.45, 7) is 12.1. The van der Waals surface area contributed by atoms with E-state index in [1.165, 1.54) is 4.90 Å². The van der Waals surface area contributed by atoms with Crippen molar-refractivity contribution in [3.05, 3.63) is 0 Å². The van der Waals surface area contributed by atoms with Gasteiger partial charge < -0.3 is 19.5 Å². The van der Waals surface area contributed by atoms with Gasteiger partial charge >= 0.3 is 6.09 Å². The van der Waals surface area contributed by atoms with Gasteiger partial charge in [0.1, 0.15) is 5.60 Å². The van der Waals surface area contributed by atoms with Crippen molar-refractivity contribution in [2.24, 2.45) is 0 Å². The number of amides is 1. The maximum atomic E-state index is 12.0. The van der Waals surface area contributed by atoms with E-state index >= 15 is 0 Å². The summed E-state index contributed by atoms with van der Waals surface area (Å²) in [5.74, 6) is 0. The summed E-state index contributed by atoms with van der Waals surface area (Å²) in [5.41, 5.74) is -0.818. The lowest BCUT2D eigenvalue weighted by Crippen LogP contribution is -2.51. The van der Waals surface area contributed by atoms with Crippen molar-refractivity contribution in [1.82, 2.24) is 4.90 Å². The van der Waals surface area contributed by atoms with Gasteiger partial charge in [0.2, 0.25) is 0 Å². The molecule has 0 aromatic carbocycles. The molecule has 0 bridgehead atoms. The highest BCUT2D eigenvalue weighted by molar-refractivity contribution is 5.68. The van der Waals surface area contributed by atoms with E-state index in [9.17, 15) is 9.90 Å². The Morgan fingerprint density at radius 1 is 1.11 bits per heavy atom. The average Bonchev–Trinajstić information content (AvgIpc) is 2.10. The molecule has 1 aliphatic heterocycles. The number of aliphatic hydroxyl groups is 1. The standard InChI is InChI=1S/C14H27NO4/c1-13(2,3)18-11-7-10(16)8-15(9-11)12(17)19-14(4,5)6/h10-11,16H,7-9H2,1-6H3/t10-,11-/m1/s1. The summed E-state index contributed by atoms with van der Waals surface area (Å²) < 4.78 is 11.2. The molecule has 1 N–H and O–H groups in total. The molecule has 5 heteroatoms. The first-order chi connectivity index (χ1) is 8.46. The van der Waals surface area contributed by atoms with E-state index in [2.05, 4.69) is 0 Å². The second-order valence-electron chi connectivity index (χ2n) is 7.13. The molecule has 1 heterocycles. The molecule has 0 unspecified atom stereocenters. The summed E-state index contributed by atoms with van der Waals surface area (Å²) in [6.07, 6.45) is -0.560. The number of rotatable bonds is 1. The zero-order valence-corrected chi connectivity index (χ0v) is 12.9. The first kappa shape index (κ1) is 16.2. The Kier molecular flexibility index (Phi) is 4.85. The Morgan fingerprint density at radius 3 is 2.16 bits per heavy atom. The van der Waals surface area contributed by atoms with Gasteiger partial charge in [-0.25, -0.2) is 4.79 Å². The van der Waals surface area contributed by atoms with Crippen molar-refractivity contribution in [1.29, 1.82) is 0 Å². The van der Waals surface area contributed by atoms with Gasteiger partial charge in [-0.05, 0) is 41.5 Å². The first-order valence-corrected chi connectivity index (χ1v) is 6.80. The van der Waals surface area contributed by atoms with Crippen LogP contribution in [0.5, 0.6) is 0 Å². The van der Waals surface area contributed by atoms with Crippen molar-refractivity contribution in [3.63, 3.8) is 0 Å². The molecule has 0 aromatic rings. The van der Waals surface area contributed by atoms with Crippen molar-refractivity contribution >= 4 is 6.09 Å². The smallest absolute Gasteiger partial charge is 0.410 e. The van der Waals surface area contributed by atoms with E-state index < -0.39 is 17.8 Å². The minimum absolute atomic E-state index is 0.156. The largest absolute Gasteiger partial charge is 0.444 e. The molecule has 0 saturated carbocycles. The lowest BCUT2D eigenvalue weighted by molar-refractivity contribution is -0.109. The van der Waals surface area contributed by atoms with E-state index in [1.54, 1.807) is 0 Å². The van der Waals surface area contributed by atoms with E-state index in [4.69, 9.17) is 9.47 Å². The second-order valence-corrected chi connectivity index (χ2v) is 7.13. The lowest BCUT2D eigenvalue weighted by Gasteiger charge is -2.38. The van der Waals surface area contributed by atoms with E-state index in [0.29, 0.717) is 19.5 Å². The highest BCUT2D eigenvalue weighted by atomic mass is 16.6. The van der Waals surface area contributed by atoms with E-state index in [0.717, 1.165) is 0 Å². The fourth-order valence-corrected chi connectivity index (χ4v) is 2.09. The monoisotopic (exact) mass is 273 g/mol. The number of piperidine rings is 1. The fraction of sp³-hybridized carbons (Fsp3) is 0.929. The van der Waals surface area contributed by atoms with Gasteiger partial charge in [0.15, 0.2) is 0 Å². The molecule has 0 radical (unpaired) electrons. The normalized spacial score (nSPS) is 25.3. The Balaban J connectivity index is 2.62. The predicted molar refractivity (Wildman–Crippen MR) is 73.1 cm³/mol. The third-order valence-corrected chi connectivity index (χ3v) is 2.56. The number of hydrogen-bond donors (Lipinski definition) is 1. The van der Waals surface area contributed by atoms with Crippen LogP contribution in [0, 0.1) is 0 Å². The van der Waals surface area contributed by atoms with Gasteiger partial charge in [-0.2, -0.15) is 0 Å². The molecule has 112 valence electrons. The molecular formula is C14H27NO4. The van der Waals surface area contributed by atoms with Crippen LogP contribution in [0.4, 0.5) is 4.79 Å². The Bertz CT molecular complexity index is 316. The third-order valence-electron chi connectivity index (χ3n) is 2.56. The number of aliphatic hydroxyl groups excluding tert-OH is 1. The third kappa shape index (κ3) is 6.25. The van der Waals surface area contributed by atoms with Crippen LogP contribution < -0.4 is 0 Å². The molecule has 1 amide bonds. The molecule has 1 saturated heterocycles. The summed E-state index contributed by atoms with van der Waals surface area (Å²) >= 11 is 0. The van der Waals surface area contributed by atoms with Gasteiger partial charge in [-0.15, -0.1) is 0 Å². The molecule has 1 rings (SSSR count). The zero-order chi connectivity index (χ0) is 14.8. The van der Waals surface area contributed by atoms with E-state index in [1.807, 2.05) is 41.5 Å².